The average Bonchev–Trinajstić information content (AvgIpc) is 2.40. The van der Waals surface area contributed by atoms with Crippen LogP contribution in [-0.2, 0) is 4.74 Å². The fraction of sp³-hybridized carbons (Fsp3) is 0.636. The SMILES string of the molecule is CN(C)CCCOC1=CC=CCNC1. The van der Waals surface area contributed by atoms with Crippen LogP contribution in [0.4, 0.5) is 0 Å². The van der Waals surface area contributed by atoms with Gasteiger partial charge in [-0.25, -0.2) is 0 Å². The fourth-order valence-electron chi connectivity index (χ4n) is 1.26. The molecule has 0 amide bonds. The van der Waals surface area contributed by atoms with E-state index < -0.39 is 0 Å². The molecule has 1 aliphatic rings. The van der Waals surface area contributed by atoms with Gasteiger partial charge in [0.2, 0.25) is 0 Å². The minimum Gasteiger partial charge on any atom is -0.497 e. The van der Waals surface area contributed by atoms with Crippen LogP contribution in [0.2, 0.25) is 0 Å². The van der Waals surface area contributed by atoms with Gasteiger partial charge in [0.25, 0.3) is 0 Å². The Morgan fingerprint density at radius 3 is 3.14 bits per heavy atom. The van der Waals surface area contributed by atoms with Gasteiger partial charge in [-0.15, -0.1) is 0 Å². The number of nitrogens with one attached hydrogen (secondary N) is 1. The van der Waals surface area contributed by atoms with Gasteiger partial charge in [0.1, 0.15) is 5.76 Å². The van der Waals surface area contributed by atoms with Gasteiger partial charge >= 0.3 is 0 Å². The molecule has 0 aromatic heterocycles. The molecule has 0 fully saturated rings. The van der Waals surface area contributed by atoms with Crippen molar-refractivity contribution in [3.05, 3.63) is 24.0 Å². The number of allylic oxidation sites excluding steroid dienone is 2. The first-order valence-corrected chi connectivity index (χ1v) is 5.13. The molecule has 3 heteroatoms. The summed E-state index contributed by atoms with van der Waals surface area (Å²) < 4.78 is 5.63. The molecule has 14 heavy (non-hydrogen) atoms. The molecule has 1 aliphatic heterocycles. The van der Waals surface area contributed by atoms with Gasteiger partial charge in [0, 0.05) is 13.1 Å². The van der Waals surface area contributed by atoms with Crippen molar-refractivity contribution in [3.63, 3.8) is 0 Å². The second kappa shape index (κ2) is 6.62. The van der Waals surface area contributed by atoms with Crippen molar-refractivity contribution in [2.24, 2.45) is 0 Å². The van der Waals surface area contributed by atoms with Crippen LogP contribution in [0.25, 0.3) is 0 Å². The number of hydrogen-bond acceptors (Lipinski definition) is 3. The average molecular weight is 196 g/mol. The van der Waals surface area contributed by atoms with Crippen LogP contribution in [0.5, 0.6) is 0 Å². The lowest BCUT2D eigenvalue weighted by atomic mass is 10.4. The highest BCUT2D eigenvalue weighted by Crippen LogP contribution is 2.00. The lowest BCUT2D eigenvalue weighted by Crippen LogP contribution is -2.18. The van der Waals surface area contributed by atoms with E-state index in [1.165, 1.54) is 0 Å². The molecule has 1 N–H and O–H groups in total. The van der Waals surface area contributed by atoms with E-state index in [-0.39, 0.29) is 0 Å². The quantitative estimate of drug-likeness (QED) is 0.664. The standard InChI is InChI=1S/C11H20N2O/c1-13(2)8-5-9-14-11-6-3-4-7-12-10-11/h3-4,6,12H,5,7-10H2,1-2H3. The van der Waals surface area contributed by atoms with E-state index in [0.717, 1.165) is 38.4 Å². The topological polar surface area (TPSA) is 24.5 Å². The van der Waals surface area contributed by atoms with Gasteiger partial charge in [-0.1, -0.05) is 12.2 Å². The van der Waals surface area contributed by atoms with E-state index in [2.05, 4.69) is 30.4 Å². The van der Waals surface area contributed by atoms with Gasteiger partial charge in [0.05, 0.1) is 13.2 Å². The molecule has 0 aliphatic carbocycles. The van der Waals surface area contributed by atoms with Crippen LogP contribution in [0.3, 0.4) is 0 Å². The summed E-state index contributed by atoms with van der Waals surface area (Å²) in [6.45, 7) is 3.66. The van der Waals surface area contributed by atoms with Crippen LogP contribution < -0.4 is 5.32 Å². The van der Waals surface area contributed by atoms with Gasteiger partial charge in [0.15, 0.2) is 0 Å². The zero-order valence-electron chi connectivity index (χ0n) is 9.12. The Morgan fingerprint density at radius 2 is 2.36 bits per heavy atom. The molecule has 0 unspecified atom stereocenters. The zero-order valence-corrected chi connectivity index (χ0v) is 9.12. The van der Waals surface area contributed by atoms with Crippen molar-refractivity contribution in [2.45, 2.75) is 6.42 Å². The zero-order chi connectivity index (χ0) is 10.2. The molecule has 0 saturated heterocycles. The molecular weight excluding hydrogens is 176 g/mol. The monoisotopic (exact) mass is 196 g/mol. The Hall–Kier alpha value is -0.800. The summed E-state index contributed by atoms with van der Waals surface area (Å²) >= 11 is 0. The van der Waals surface area contributed by atoms with Gasteiger partial charge in [-0.3, -0.25) is 0 Å². The fourth-order valence-corrected chi connectivity index (χ4v) is 1.26. The van der Waals surface area contributed by atoms with Crippen LogP contribution >= 0.6 is 0 Å². The van der Waals surface area contributed by atoms with E-state index in [1.807, 2.05) is 12.2 Å². The molecule has 3 nitrogen and oxygen atoms in total. The van der Waals surface area contributed by atoms with Crippen molar-refractivity contribution in [2.75, 3.05) is 40.3 Å². The van der Waals surface area contributed by atoms with Gasteiger partial charge < -0.3 is 15.0 Å². The summed E-state index contributed by atoms with van der Waals surface area (Å²) in [6.07, 6.45) is 7.25. The minimum atomic E-state index is 0.805. The first kappa shape index (κ1) is 11.3. The molecule has 0 atom stereocenters. The Kier molecular flexibility index (Phi) is 5.33. The Bertz CT molecular complexity index is 209. The maximum Gasteiger partial charge on any atom is 0.110 e. The minimum absolute atomic E-state index is 0.805. The molecule has 0 spiro atoms. The molecule has 1 heterocycles. The largest absolute Gasteiger partial charge is 0.497 e. The van der Waals surface area contributed by atoms with E-state index >= 15 is 0 Å². The highest BCUT2D eigenvalue weighted by atomic mass is 16.5. The second-order valence-electron chi connectivity index (χ2n) is 3.70. The smallest absolute Gasteiger partial charge is 0.110 e. The van der Waals surface area contributed by atoms with E-state index in [0.29, 0.717) is 0 Å². The van der Waals surface area contributed by atoms with Crippen molar-refractivity contribution >= 4 is 0 Å². The second-order valence-corrected chi connectivity index (χ2v) is 3.70. The Morgan fingerprint density at radius 1 is 1.50 bits per heavy atom. The van der Waals surface area contributed by atoms with Crippen LogP contribution in [0, 0.1) is 0 Å². The van der Waals surface area contributed by atoms with Crippen molar-refractivity contribution in [1.82, 2.24) is 10.2 Å². The van der Waals surface area contributed by atoms with E-state index in [4.69, 9.17) is 4.74 Å². The Balaban J connectivity index is 2.11. The summed E-state index contributed by atoms with van der Waals surface area (Å²) in [5.41, 5.74) is 0. The predicted molar refractivity (Wildman–Crippen MR) is 59.2 cm³/mol. The van der Waals surface area contributed by atoms with Crippen molar-refractivity contribution in [1.29, 1.82) is 0 Å². The first-order chi connectivity index (χ1) is 6.79. The number of ether oxygens (including phenoxy) is 1. The molecule has 0 bridgehead atoms. The Labute approximate surface area is 86.4 Å². The highest BCUT2D eigenvalue weighted by Gasteiger charge is 1.99. The third kappa shape index (κ3) is 5.04. The number of nitrogens with zero attached hydrogens (tertiary/aromatic N) is 1. The van der Waals surface area contributed by atoms with Crippen LogP contribution in [-0.4, -0.2) is 45.2 Å². The molecule has 0 aromatic rings. The van der Waals surface area contributed by atoms with Crippen LogP contribution in [0.1, 0.15) is 6.42 Å². The van der Waals surface area contributed by atoms with Gasteiger partial charge in [-0.2, -0.15) is 0 Å². The van der Waals surface area contributed by atoms with Crippen molar-refractivity contribution in [3.8, 4) is 0 Å². The number of rotatable bonds is 5. The third-order valence-electron chi connectivity index (χ3n) is 2.02. The third-order valence-corrected chi connectivity index (χ3v) is 2.02. The lowest BCUT2D eigenvalue weighted by Gasteiger charge is -2.12. The predicted octanol–water partition coefficient (Wildman–Crippen LogP) is 0.998. The summed E-state index contributed by atoms with van der Waals surface area (Å²) in [7, 11) is 4.16. The molecule has 0 aromatic carbocycles. The molecular formula is C11H20N2O. The summed E-state index contributed by atoms with van der Waals surface area (Å²) in [5.74, 6) is 1.04. The maximum absolute atomic E-state index is 5.63. The molecule has 0 saturated carbocycles. The molecule has 80 valence electrons. The highest BCUT2D eigenvalue weighted by molar-refractivity contribution is 5.12. The maximum atomic E-state index is 5.63. The summed E-state index contributed by atoms with van der Waals surface area (Å²) in [4.78, 5) is 2.17. The summed E-state index contributed by atoms with van der Waals surface area (Å²) in [6, 6.07) is 0. The van der Waals surface area contributed by atoms with Crippen LogP contribution in [0.15, 0.2) is 24.0 Å². The molecule has 1 rings (SSSR count). The van der Waals surface area contributed by atoms with E-state index in [1.54, 1.807) is 0 Å². The first-order valence-electron chi connectivity index (χ1n) is 5.13. The summed E-state index contributed by atoms with van der Waals surface area (Å²) in [5, 5.41) is 3.26. The lowest BCUT2D eigenvalue weighted by molar-refractivity contribution is 0.191. The van der Waals surface area contributed by atoms with Crippen molar-refractivity contribution < 1.29 is 4.74 Å². The normalized spacial score (nSPS) is 16.6. The molecule has 0 radical (unpaired) electrons. The van der Waals surface area contributed by atoms with Gasteiger partial charge in [-0.05, 0) is 26.6 Å². The number of hydrogen-bond donors (Lipinski definition) is 1. The van der Waals surface area contributed by atoms with E-state index in [9.17, 15) is 0 Å².